The summed E-state index contributed by atoms with van der Waals surface area (Å²) in [5.41, 5.74) is 2.52. The van der Waals surface area contributed by atoms with Gasteiger partial charge >= 0.3 is 0 Å². The Kier molecular flexibility index (Phi) is 6.05. The lowest BCUT2D eigenvalue weighted by atomic mass is 9.76. The van der Waals surface area contributed by atoms with Gasteiger partial charge in [0.1, 0.15) is 5.82 Å². The molecule has 5 rings (SSSR count). The number of hydrogen-bond acceptors (Lipinski definition) is 5. The largest absolute Gasteiger partial charge is 0.377 e. The maximum absolute atomic E-state index is 13.5. The highest BCUT2D eigenvalue weighted by molar-refractivity contribution is 5.95. The van der Waals surface area contributed by atoms with Gasteiger partial charge in [0, 0.05) is 36.7 Å². The molecule has 1 amide bonds. The van der Waals surface area contributed by atoms with E-state index in [9.17, 15) is 9.18 Å². The molecule has 0 bridgehead atoms. The molecule has 170 valence electrons. The number of carbonyl (C=O) groups excluding carboxylic acids is 1. The number of halogens is 1. The van der Waals surface area contributed by atoms with Crippen LogP contribution in [0.4, 0.5) is 16.0 Å². The van der Waals surface area contributed by atoms with Crippen LogP contribution in [0, 0.1) is 11.2 Å². The van der Waals surface area contributed by atoms with E-state index in [1.54, 1.807) is 30.6 Å². The first kappa shape index (κ1) is 21.5. The number of piperidine rings is 1. The van der Waals surface area contributed by atoms with E-state index in [4.69, 9.17) is 4.74 Å². The number of aromatic nitrogens is 2. The van der Waals surface area contributed by atoms with Crippen molar-refractivity contribution < 1.29 is 13.9 Å². The number of anilines is 2. The second-order valence-corrected chi connectivity index (χ2v) is 9.04. The molecular formula is C26H27FN4O2. The zero-order valence-corrected chi connectivity index (χ0v) is 18.4. The van der Waals surface area contributed by atoms with Crippen LogP contribution < -0.4 is 5.32 Å². The third kappa shape index (κ3) is 5.03. The van der Waals surface area contributed by atoms with E-state index in [0.29, 0.717) is 31.2 Å². The molecule has 0 saturated carbocycles. The van der Waals surface area contributed by atoms with Crippen LogP contribution in [0.2, 0.25) is 0 Å². The molecule has 1 unspecified atom stereocenters. The predicted octanol–water partition coefficient (Wildman–Crippen LogP) is 4.61. The summed E-state index contributed by atoms with van der Waals surface area (Å²) < 4.78 is 19.6. The highest BCUT2D eigenvalue weighted by atomic mass is 19.1. The molecule has 2 aliphatic heterocycles. The number of benzene rings is 2. The molecule has 1 aromatic heterocycles. The number of ether oxygens (including phenoxy) is 1. The Hall–Kier alpha value is -3.32. The molecule has 1 atom stereocenters. The lowest BCUT2D eigenvalue weighted by Crippen LogP contribution is -2.43. The molecule has 1 spiro atoms. The van der Waals surface area contributed by atoms with E-state index in [1.807, 2.05) is 35.2 Å². The summed E-state index contributed by atoms with van der Waals surface area (Å²) in [5, 5.41) is 3.14. The molecule has 0 radical (unpaired) electrons. The zero-order valence-electron chi connectivity index (χ0n) is 18.4. The standard InChI is InChI=1S/C26H27FN4O2/c27-21-6-1-4-19(14-21)15-23-17-26(18-33-23)8-12-31(13-9-26)24(32)20-5-2-7-22(16-20)30-25-28-10-3-11-29-25/h1-7,10-11,14,16,23H,8-9,12-13,15,17-18H2,(H,28,29,30). The number of rotatable bonds is 5. The van der Waals surface area contributed by atoms with Crippen LogP contribution >= 0.6 is 0 Å². The van der Waals surface area contributed by atoms with Gasteiger partial charge in [0.25, 0.3) is 5.91 Å². The molecule has 3 heterocycles. The van der Waals surface area contributed by atoms with Crippen molar-refractivity contribution in [2.24, 2.45) is 5.41 Å². The molecule has 6 nitrogen and oxygen atoms in total. The Balaban J connectivity index is 1.17. The van der Waals surface area contributed by atoms with Gasteiger partial charge < -0.3 is 15.0 Å². The van der Waals surface area contributed by atoms with Gasteiger partial charge in [-0.25, -0.2) is 14.4 Å². The van der Waals surface area contributed by atoms with Gasteiger partial charge in [0.05, 0.1) is 12.7 Å². The number of nitrogens with zero attached hydrogens (tertiary/aromatic N) is 3. The van der Waals surface area contributed by atoms with E-state index >= 15 is 0 Å². The van der Waals surface area contributed by atoms with Gasteiger partial charge in [-0.3, -0.25) is 4.79 Å². The number of hydrogen-bond donors (Lipinski definition) is 1. The molecule has 2 aromatic carbocycles. The molecule has 2 saturated heterocycles. The summed E-state index contributed by atoms with van der Waals surface area (Å²) in [7, 11) is 0. The first-order chi connectivity index (χ1) is 16.1. The summed E-state index contributed by atoms with van der Waals surface area (Å²) >= 11 is 0. The van der Waals surface area contributed by atoms with Crippen molar-refractivity contribution in [3.05, 3.63) is 83.9 Å². The maximum Gasteiger partial charge on any atom is 0.253 e. The Morgan fingerprint density at radius 3 is 2.67 bits per heavy atom. The molecule has 2 aliphatic rings. The molecule has 3 aromatic rings. The van der Waals surface area contributed by atoms with Gasteiger partial charge in [-0.1, -0.05) is 18.2 Å². The second kappa shape index (κ2) is 9.27. The second-order valence-electron chi connectivity index (χ2n) is 9.04. The predicted molar refractivity (Wildman–Crippen MR) is 124 cm³/mol. The SMILES string of the molecule is O=C(c1cccc(Nc2ncccn2)c1)N1CCC2(CC1)COC(Cc1cccc(F)c1)C2. The van der Waals surface area contributed by atoms with Crippen LogP contribution in [0.25, 0.3) is 0 Å². The summed E-state index contributed by atoms with van der Waals surface area (Å²) in [6, 6.07) is 16.0. The highest BCUT2D eigenvalue weighted by Gasteiger charge is 2.43. The quantitative estimate of drug-likeness (QED) is 0.620. The fraction of sp³-hybridized carbons (Fsp3) is 0.346. The zero-order chi connectivity index (χ0) is 22.7. The molecule has 0 aliphatic carbocycles. The Bertz CT molecular complexity index is 1120. The van der Waals surface area contributed by atoms with Crippen molar-refractivity contribution in [1.82, 2.24) is 14.9 Å². The van der Waals surface area contributed by atoms with Crippen LogP contribution in [0.15, 0.2) is 67.0 Å². The Morgan fingerprint density at radius 1 is 1.09 bits per heavy atom. The van der Waals surface area contributed by atoms with Crippen LogP contribution in [0.5, 0.6) is 0 Å². The van der Waals surface area contributed by atoms with Crippen molar-refractivity contribution in [3.8, 4) is 0 Å². The summed E-state index contributed by atoms with van der Waals surface area (Å²) in [6.45, 7) is 2.15. The van der Waals surface area contributed by atoms with Crippen molar-refractivity contribution >= 4 is 17.5 Å². The normalized spacial score (nSPS) is 19.5. The van der Waals surface area contributed by atoms with Crippen LogP contribution in [0.3, 0.4) is 0 Å². The van der Waals surface area contributed by atoms with E-state index < -0.39 is 0 Å². The van der Waals surface area contributed by atoms with Crippen LogP contribution in [-0.2, 0) is 11.2 Å². The molecule has 7 heteroatoms. The summed E-state index contributed by atoms with van der Waals surface area (Å²) in [5.74, 6) is 0.330. The van der Waals surface area contributed by atoms with E-state index in [1.165, 1.54) is 6.07 Å². The fourth-order valence-corrected chi connectivity index (χ4v) is 4.89. The van der Waals surface area contributed by atoms with Crippen LogP contribution in [-0.4, -0.2) is 46.6 Å². The first-order valence-electron chi connectivity index (χ1n) is 11.4. The monoisotopic (exact) mass is 446 g/mol. The third-order valence-electron chi connectivity index (χ3n) is 6.68. The van der Waals surface area contributed by atoms with Gasteiger partial charge in [-0.15, -0.1) is 0 Å². The summed E-state index contributed by atoms with van der Waals surface area (Å²) in [6.07, 6.45) is 6.99. The first-order valence-corrected chi connectivity index (χ1v) is 11.4. The van der Waals surface area contributed by atoms with Gasteiger partial charge in [-0.05, 0) is 73.1 Å². The van der Waals surface area contributed by atoms with Crippen LogP contribution in [0.1, 0.15) is 35.2 Å². The third-order valence-corrected chi connectivity index (χ3v) is 6.68. The van der Waals surface area contributed by atoms with Gasteiger partial charge in [-0.2, -0.15) is 0 Å². The fourth-order valence-electron chi connectivity index (χ4n) is 4.89. The average molecular weight is 447 g/mol. The lowest BCUT2D eigenvalue weighted by Gasteiger charge is -2.38. The Morgan fingerprint density at radius 2 is 1.88 bits per heavy atom. The topological polar surface area (TPSA) is 67.4 Å². The average Bonchev–Trinajstić information content (AvgIpc) is 3.21. The van der Waals surface area contributed by atoms with E-state index in [2.05, 4.69) is 15.3 Å². The number of nitrogens with one attached hydrogen (secondary N) is 1. The minimum absolute atomic E-state index is 0.0395. The minimum Gasteiger partial charge on any atom is -0.377 e. The molecule has 2 fully saturated rings. The van der Waals surface area contributed by atoms with Gasteiger partial charge in [0.15, 0.2) is 0 Å². The van der Waals surface area contributed by atoms with Crippen molar-refractivity contribution in [2.75, 3.05) is 25.0 Å². The number of carbonyl (C=O) groups is 1. The van der Waals surface area contributed by atoms with Crippen molar-refractivity contribution in [2.45, 2.75) is 31.8 Å². The minimum atomic E-state index is -0.206. The maximum atomic E-state index is 13.5. The van der Waals surface area contributed by atoms with Crippen molar-refractivity contribution in [1.29, 1.82) is 0 Å². The van der Waals surface area contributed by atoms with E-state index in [0.717, 1.165) is 36.9 Å². The highest BCUT2D eigenvalue weighted by Crippen LogP contribution is 2.43. The molecule has 33 heavy (non-hydrogen) atoms. The lowest BCUT2D eigenvalue weighted by molar-refractivity contribution is 0.0496. The molecule has 1 N–H and O–H groups in total. The number of likely N-dealkylation sites (tertiary alicyclic amines) is 1. The smallest absolute Gasteiger partial charge is 0.253 e. The summed E-state index contributed by atoms with van der Waals surface area (Å²) in [4.78, 5) is 23.4. The van der Waals surface area contributed by atoms with Crippen molar-refractivity contribution in [3.63, 3.8) is 0 Å². The Labute approximate surface area is 192 Å². The number of amides is 1. The molecular weight excluding hydrogens is 419 g/mol. The van der Waals surface area contributed by atoms with E-state index in [-0.39, 0.29) is 23.2 Å². The van der Waals surface area contributed by atoms with Gasteiger partial charge in [0.2, 0.25) is 5.95 Å².